The molecule has 0 saturated carbocycles. The van der Waals surface area contributed by atoms with E-state index in [9.17, 15) is 0 Å². The molecule has 1 atom stereocenters. The average Bonchev–Trinajstić information content (AvgIpc) is 2.27. The molecule has 0 fully saturated rings. The van der Waals surface area contributed by atoms with Gasteiger partial charge in [0, 0.05) is 0 Å². The second-order valence-electron chi connectivity index (χ2n) is 3.98. The second-order valence-corrected chi connectivity index (χ2v) is 3.98. The molecule has 0 aliphatic carbocycles. The van der Waals surface area contributed by atoms with Gasteiger partial charge in [0.15, 0.2) is 0 Å². The van der Waals surface area contributed by atoms with Crippen molar-refractivity contribution in [3.05, 3.63) is 48.0 Å². The van der Waals surface area contributed by atoms with Gasteiger partial charge in [0.1, 0.15) is 0 Å². The maximum atomic E-state index is 6.13. The highest BCUT2D eigenvalue weighted by molar-refractivity contribution is 5.85. The van der Waals surface area contributed by atoms with Gasteiger partial charge in [-0.05, 0) is 30.4 Å². The van der Waals surface area contributed by atoms with Gasteiger partial charge in [-0.1, -0.05) is 42.5 Å². The van der Waals surface area contributed by atoms with E-state index < -0.39 is 0 Å². The number of hydrogen-bond donors (Lipinski definition) is 1. The molecule has 2 N–H and O–H groups in total. The number of benzene rings is 2. The van der Waals surface area contributed by atoms with Crippen molar-refractivity contribution in [3.8, 4) is 0 Å². The molecule has 0 spiro atoms. The van der Waals surface area contributed by atoms with E-state index in [-0.39, 0.29) is 6.17 Å². The maximum Gasteiger partial charge on any atom is 0.0836 e. The van der Waals surface area contributed by atoms with E-state index in [1.807, 2.05) is 31.1 Å². The minimum absolute atomic E-state index is 0.0453. The summed E-state index contributed by atoms with van der Waals surface area (Å²) in [5.41, 5.74) is 7.31. The highest BCUT2D eigenvalue weighted by Crippen LogP contribution is 2.23. The molecule has 2 rings (SSSR count). The Labute approximate surface area is 90.3 Å². The van der Waals surface area contributed by atoms with Crippen LogP contribution in [0.25, 0.3) is 10.8 Å². The van der Waals surface area contributed by atoms with Gasteiger partial charge < -0.3 is 5.73 Å². The molecule has 2 aromatic rings. The summed E-state index contributed by atoms with van der Waals surface area (Å²) in [5.74, 6) is 0. The molecular formula is C13H16N2. The summed E-state index contributed by atoms with van der Waals surface area (Å²) in [6.07, 6.45) is -0.0453. The lowest BCUT2D eigenvalue weighted by Crippen LogP contribution is -2.27. The Morgan fingerprint density at radius 2 is 1.67 bits per heavy atom. The summed E-state index contributed by atoms with van der Waals surface area (Å²) in [7, 11) is 3.98. The van der Waals surface area contributed by atoms with Crippen molar-refractivity contribution in [1.29, 1.82) is 0 Å². The van der Waals surface area contributed by atoms with Gasteiger partial charge in [-0.2, -0.15) is 0 Å². The van der Waals surface area contributed by atoms with Crippen molar-refractivity contribution in [2.24, 2.45) is 5.73 Å². The third-order valence-electron chi connectivity index (χ3n) is 2.70. The lowest BCUT2D eigenvalue weighted by molar-refractivity contribution is 0.309. The van der Waals surface area contributed by atoms with Crippen LogP contribution < -0.4 is 5.73 Å². The van der Waals surface area contributed by atoms with Crippen molar-refractivity contribution in [3.63, 3.8) is 0 Å². The second kappa shape index (κ2) is 4.01. The number of rotatable bonds is 2. The highest BCUT2D eigenvalue weighted by Gasteiger charge is 2.10. The van der Waals surface area contributed by atoms with Crippen LogP contribution in [-0.4, -0.2) is 19.0 Å². The molecule has 0 aliphatic heterocycles. The minimum Gasteiger partial charge on any atom is -0.312 e. The van der Waals surface area contributed by atoms with E-state index in [0.717, 1.165) is 0 Å². The Hall–Kier alpha value is -1.38. The van der Waals surface area contributed by atoms with E-state index >= 15 is 0 Å². The van der Waals surface area contributed by atoms with E-state index in [1.54, 1.807) is 0 Å². The molecule has 0 radical (unpaired) electrons. The maximum absolute atomic E-state index is 6.13. The fraction of sp³-hybridized carbons (Fsp3) is 0.231. The van der Waals surface area contributed by atoms with Gasteiger partial charge in [0.05, 0.1) is 6.17 Å². The third kappa shape index (κ3) is 1.87. The zero-order chi connectivity index (χ0) is 10.8. The first kappa shape index (κ1) is 10.1. The molecule has 2 nitrogen and oxygen atoms in total. The standard InChI is InChI=1S/C13H16N2/c1-15(2)13(14)12-9-5-7-10-6-3-4-8-11(10)12/h3-9,13H,14H2,1-2H3. The highest BCUT2D eigenvalue weighted by atomic mass is 15.2. The van der Waals surface area contributed by atoms with E-state index in [4.69, 9.17) is 5.73 Å². The van der Waals surface area contributed by atoms with Crippen LogP contribution in [0.1, 0.15) is 11.7 Å². The van der Waals surface area contributed by atoms with E-state index in [1.165, 1.54) is 16.3 Å². The van der Waals surface area contributed by atoms with Crippen LogP contribution in [0.5, 0.6) is 0 Å². The predicted octanol–water partition coefficient (Wildman–Crippen LogP) is 2.36. The minimum atomic E-state index is -0.0453. The van der Waals surface area contributed by atoms with Crippen LogP contribution >= 0.6 is 0 Å². The topological polar surface area (TPSA) is 29.3 Å². The molecule has 0 saturated heterocycles. The molecule has 0 amide bonds. The van der Waals surface area contributed by atoms with Crippen molar-refractivity contribution in [2.45, 2.75) is 6.17 Å². The first-order valence-electron chi connectivity index (χ1n) is 5.10. The lowest BCUT2D eigenvalue weighted by atomic mass is 10.0. The SMILES string of the molecule is CN(C)C(N)c1cccc2ccccc12. The van der Waals surface area contributed by atoms with Crippen LogP contribution in [0.2, 0.25) is 0 Å². The number of nitrogens with two attached hydrogens (primary N) is 1. The van der Waals surface area contributed by atoms with Crippen LogP contribution in [0, 0.1) is 0 Å². The Morgan fingerprint density at radius 3 is 2.40 bits per heavy atom. The van der Waals surface area contributed by atoms with Crippen molar-refractivity contribution in [1.82, 2.24) is 4.90 Å². The predicted molar refractivity (Wildman–Crippen MR) is 64.6 cm³/mol. The molecule has 0 aliphatic rings. The fourth-order valence-electron chi connectivity index (χ4n) is 1.79. The normalized spacial score (nSPS) is 13.3. The van der Waals surface area contributed by atoms with Crippen molar-refractivity contribution >= 4 is 10.8 Å². The van der Waals surface area contributed by atoms with Gasteiger partial charge in [0.25, 0.3) is 0 Å². The smallest absolute Gasteiger partial charge is 0.0836 e. The quantitative estimate of drug-likeness (QED) is 0.754. The Morgan fingerprint density at radius 1 is 1.00 bits per heavy atom. The molecule has 0 bridgehead atoms. The Balaban J connectivity index is 2.60. The zero-order valence-electron chi connectivity index (χ0n) is 9.14. The summed E-state index contributed by atoms with van der Waals surface area (Å²) in [6, 6.07) is 14.6. The number of hydrogen-bond acceptors (Lipinski definition) is 2. The molecule has 15 heavy (non-hydrogen) atoms. The summed E-state index contributed by atoms with van der Waals surface area (Å²) in [6.45, 7) is 0. The monoisotopic (exact) mass is 200 g/mol. The number of fused-ring (bicyclic) bond motifs is 1. The van der Waals surface area contributed by atoms with Gasteiger partial charge in [-0.15, -0.1) is 0 Å². The average molecular weight is 200 g/mol. The molecule has 1 unspecified atom stereocenters. The molecule has 78 valence electrons. The van der Waals surface area contributed by atoms with Crippen LogP contribution in [0.3, 0.4) is 0 Å². The lowest BCUT2D eigenvalue weighted by Gasteiger charge is -2.21. The van der Waals surface area contributed by atoms with Crippen LogP contribution in [0.4, 0.5) is 0 Å². The molecule has 2 heteroatoms. The van der Waals surface area contributed by atoms with Crippen molar-refractivity contribution < 1.29 is 0 Å². The van der Waals surface area contributed by atoms with E-state index in [0.29, 0.717) is 0 Å². The third-order valence-corrected chi connectivity index (χ3v) is 2.70. The van der Waals surface area contributed by atoms with Crippen molar-refractivity contribution in [2.75, 3.05) is 14.1 Å². The molecular weight excluding hydrogens is 184 g/mol. The first-order valence-corrected chi connectivity index (χ1v) is 5.10. The zero-order valence-corrected chi connectivity index (χ0v) is 9.14. The summed E-state index contributed by atoms with van der Waals surface area (Å²) < 4.78 is 0. The first-order chi connectivity index (χ1) is 7.20. The molecule has 0 heterocycles. The fourth-order valence-corrected chi connectivity index (χ4v) is 1.79. The number of nitrogens with zero attached hydrogens (tertiary/aromatic N) is 1. The van der Waals surface area contributed by atoms with Gasteiger partial charge in [-0.25, -0.2) is 0 Å². The van der Waals surface area contributed by atoms with Gasteiger partial charge in [0.2, 0.25) is 0 Å². The Bertz CT molecular complexity index is 458. The molecule has 0 aromatic heterocycles. The van der Waals surface area contributed by atoms with Gasteiger partial charge in [-0.3, -0.25) is 4.90 Å². The Kier molecular flexibility index (Phi) is 2.71. The van der Waals surface area contributed by atoms with Crippen LogP contribution in [-0.2, 0) is 0 Å². The van der Waals surface area contributed by atoms with E-state index in [2.05, 4.69) is 30.3 Å². The summed E-state index contributed by atoms with van der Waals surface area (Å²) in [4.78, 5) is 2.02. The van der Waals surface area contributed by atoms with Gasteiger partial charge >= 0.3 is 0 Å². The molecule has 2 aromatic carbocycles. The largest absolute Gasteiger partial charge is 0.312 e. The summed E-state index contributed by atoms with van der Waals surface area (Å²) in [5, 5.41) is 2.48. The summed E-state index contributed by atoms with van der Waals surface area (Å²) >= 11 is 0. The van der Waals surface area contributed by atoms with Crippen LogP contribution in [0.15, 0.2) is 42.5 Å².